The van der Waals surface area contributed by atoms with Crippen LogP contribution in [0, 0.1) is 33.6 Å². The van der Waals surface area contributed by atoms with Crippen LogP contribution in [0.3, 0.4) is 0 Å². The fourth-order valence-electron chi connectivity index (χ4n) is 9.15. The number of anilines is 1. The second-order valence-corrected chi connectivity index (χ2v) is 16.2. The van der Waals surface area contributed by atoms with E-state index in [0.717, 1.165) is 125 Å². The van der Waals surface area contributed by atoms with Gasteiger partial charge in [0.1, 0.15) is 5.75 Å². The molecule has 55 heavy (non-hydrogen) atoms. The number of carbonyl (C=O) groups excluding carboxylic acids is 2. The van der Waals surface area contributed by atoms with Crippen LogP contribution in [-0.4, -0.2) is 59.5 Å². The Hall–Kier alpha value is -4.31. The van der Waals surface area contributed by atoms with Crippen molar-refractivity contribution < 1.29 is 19.1 Å². The summed E-state index contributed by atoms with van der Waals surface area (Å²) in [6.07, 6.45) is 7.25. The van der Waals surface area contributed by atoms with E-state index in [0.29, 0.717) is 29.7 Å². The van der Waals surface area contributed by atoms with Gasteiger partial charge in [-0.2, -0.15) is 5.10 Å². The summed E-state index contributed by atoms with van der Waals surface area (Å²) in [6, 6.07) is 14.2. The normalized spacial score (nSPS) is 17.8. The van der Waals surface area contributed by atoms with Crippen molar-refractivity contribution in [2.45, 2.75) is 84.8 Å². The van der Waals surface area contributed by atoms with E-state index in [1.165, 1.54) is 5.56 Å². The molecule has 0 aliphatic carbocycles. The van der Waals surface area contributed by atoms with Gasteiger partial charge in [-0.05, 0) is 107 Å². The Bertz CT molecular complexity index is 2200. The molecule has 1 saturated heterocycles. The van der Waals surface area contributed by atoms with Crippen LogP contribution in [0.15, 0.2) is 48.7 Å². The largest absolute Gasteiger partial charge is 0.494 e. The first-order valence-electron chi connectivity index (χ1n) is 19.4. The van der Waals surface area contributed by atoms with Crippen LogP contribution in [0.25, 0.3) is 22.0 Å². The lowest BCUT2D eigenvalue weighted by Gasteiger charge is -2.37. The lowest BCUT2D eigenvalue weighted by molar-refractivity contribution is -0.109. The number of nitrogens with one attached hydrogen (secondary N) is 1. The SMILES string of the molecule is Cc1cc(OCCCC2c3ccc(Cl)c(-c4c(C)nn(CC5CCOCC5)c4C)c3N([C@H](C)CNC=O)C2c2cccc3c(C=O)cn(C)c23)cc(C)c1Cl. The highest BCUT2D eigenvalue weighted by Crippen LogP contribution is 2.58. The van der Waals surface area contributed by atoms with Crippen LogP contribution in [0.5, 0.6) is 5.75 Å². The molecule has 0 bridgehead atoms. The Labute approximate surface area is 333 Å². The van der Waals surface area contributed by atoms with Crippen molar-refractivity contribution in [3.63, 3.8) is 0 Å². The molecule has 7 rings (SSSR count). The Morgan fingerprint density at radius 3 is 2.47 bits per heavy atom. The zero-order valence-electron chi connectivity index (χ0n) is 32.6. The third-order valence-corrected chi connectivity index (χ3v) is 12.6. The maximum atomic E-state index is 12.3. The second kappa shape index (κ2) is 16.4. The molecule has 0 spiro atoms. The van der Waals surface area contributed by atoms with E-state index in [1.54, 1.807) is 0 Å². The molecule has 1 amide bonds. The van der Waals surface area contributed by atoms with E-state index in [2.05, 4.69) is 52.4 Å². The van der Waals surface area contributed by atoms with Crippen molar-refractivity contribution in [2.75, 3.05) is 31.3 Å². The lowest BCUT2D eigenvalue weighted by Crippen LogP contribution is -2.42. The first kappa shape index (κ1) is 38.9. The zero-order valence-corrected chi connectivity index (χ0v) is 34.1. The number of ether oxygens (including phenoxy) is 2. The molecule has 2 aliphatic rings. The molecule has 4 heterocycles. The molecular weight excluding hydrogens is 733 g/mol. The highest BCUT2D eigenvalue weighted by atomic mass is 35.5. The van der Waals surface area contributed by atoms with E-state index in [9.17, 15) is 9.59 Å². The molecule has 1 fully saturated rings. The van der Waals surface area contributed by atoms with E-state index in [4.69, 9.17) is 37.8 Å². The lowest BCUT2D eigenvalue weighted by atomic mass is 9.85. The molecule has 290 valence electrons. The van der Waals surface area contributed by atoms with Crippen molar-refractivity contribution in [1.82, 2.24) is 19.7 Å². The third kappa shape index (κ3) is 7.39. The van der Waals surface area contributed by atoms with Crippen LogP contribution in [0.2, 0.25) is 10.0 Å². The summed E-state index contributed by atoms with van der Waals surface area (Å²) in [6.45, 7) is 13.7. The van der Waals surface area contributed by atoms with Gasteiger partial charge < -0.3 is 24.3 Å². The smallest absolute Gasteiger partial charge is 0.207 e. The average Bonchev–Trinajstić information content (AvgIpc) is 3.79. The summed E-state index contributed by atoms with van der Waals surface area (Å²) >= 11 is 13.8. The monoisotopic (exact) mass is 783 g/mol. The van der Waals surface area contributed by atoms with Crippen LogP contribution in [-0.2, 0) is 23.1 Å². The van der Waals surface area contributed by atoms with E-state index >= 15 is 0 Å². The summed E-state index contributed by atoms with van der Waals surface area (Å²) in [7, 11) is 2.00. The van der Waals surface area contributed by atoms with Crippen molar-refractivity contribution in [3.05, 3.63) is 97.9 Å². The van der Waals surface area contributed by atoms with Gasteiger partial charge in [-0.15, -0.1) is 0 Å². The molecule has 9 nitrogen and oxygen atoms in total. The highest BCUT2D eigenvalue weighted by molar-refractivity contribution is 6.34. The van der Waals surface area contributed by atoms with Crippen LogP contribution in [0.1, 0.15) is 88.6 Å². The van der Waals surface area contributed by atoms with Crippen LogP contribution in [0.4, 0.5) is 5.69 Å². The maximum absolute atomic E-state index is 12.3. The number of amides is 1. The number of benzene rings is 3. The van der Waals surface area contributed by atoms with Gasteiger partial charge in [-0.3, -0.25) is 14.3 Å². The number of halogens is 2. The Balaban J connectivity index is 1.37. The Morgan fingerprint density at radius 2 is 1.76 bits per heavy atom. The first-order valence-corrected chi connectivity index (χ1v) is 20.1. The van der Waals surface area contributed by atoms with Gasteiger partial charge in [0.25, 0.3) is 0 Å². The summed E-state index contributed by atoms with van der Waals surface area (Å²) < 4.78 is 16.2. The van der Waals surface area contributed by atoms with E-state index < -0.39 is 0 Å². The van der Waals surface area contributed by atoms with Gasteiger partial charge in [-0.1, -0.05) is 47.5 Å². The molecule has 3 atom stereocenters. The fourth-order valence-corrected chi connectivity index (χ4v) is 9.50. The molecule has 1 N–H and O–H groups in total. The Morgan fingerprint density at radius 1 is 1.02 bits per heavy atom. The standard InChI is InChI=1S/C44H51Cl2N5O4/c1-26-19-33(20-27(2)41(26)46)55-16-8-11-35-36-12-13-38(45)40(39-29(4)48-50(30(39)5)22-31-14-17-54-18-15-31)44(36)51(28(3)21-47-25-53)43(35)37-10-7-9-34-32(24-52)23-49(6)42(34)37/h7,9-10,12-13,19-20,23-25,28,31,35,43H,8,11,14-18,21-22H2,1-6H3,(H,47,53)/t28-,35?,43?/m1/s1. The summed E-state index contributed by atoms with van der Waals surface area (Å²) in [5.74, 6) is 1.34. The number of hydrogen-bond acceptors (Lipinski definition) is 6. The van der Waals surface area contributed by atoms with E-state index in [1.807, 2.05) is 57.4 Å². The van der Waals surface area contributed by atoms with Gasteiger partial charge in [0, 0.05) is 84.3 Å². The summed E-state index contributed by atoms with van der Waals surface area (Å²) in [5, 5.41) is 10.4. The zero-order chi connectivity index (χ0) is 39.0. The molecule has 0 saturated carbocycles. The maximum Gasteiger partial charge on any atom is 0.207 e. The predicted molar refractivity (Wildman–Crippen MR) is 221 cm³/mol. The molecular formula is C44H51Cl2N5O4. The minimum absolute atomic E-state index is 0.0278. The van der Waals surface area contributed by atoms with Crippen LogP contribution < -0.4 is 15.0 Å². The summed E-state index contributed by atoms with van der Waals surface area (Å²) in [4.78, 5) is 26.5. The van der Waals surface area contributed by atoms with Gasteiger partial charge in [0.2, 0.25) is 6.41 Å². The fraction of sp³-hybridized carbons (Fsp3) is 0.432. The van der Waals surface area contributed by atoms with Crippen molar-refractivity contribution in [1.29, 1.82) is 0 Å². The van der Waals surface area contributed by atoms with Gasteiger partial charge in [-0.25, -0.2) is 0 Å². The number of aromatic nitrogens is 3. The minimum Gasteiger partial charge on any atom is -0.494 e. The molecule has 2 unspecified atom stereocenters. The van der Waals surface area contributed by atoms with Gasteiger partial charge in [0.05, 0.1) is 34.6 Å². The number of hydrogen-bond donors (Lipinski definition) is 1. The highest BCUT2D eigenvalue weighted by Gasteiger charge is 2.45. The number of fused-ring (bicyclic) bond motifs is 2. The quantitative estimate of drug-likeness (QED) is 0.0892. The number of aryl methyl sites for hydroxylation is 4. The topological polar surface area (TPSA) is 90.6 Å². The minimum atomic E-state index is -0.148. The number of nitrogens with zero attached hydrogens (tertiary/aromatic N) is 4. The number of rotatable bonds is 14. The van der Waals surface area contributed by atoms with Crippen molar-refractivity contribution >= 4 is 52.5 Å². The molecule has 2 aromatic heterocycles. The molecule has 0 radical (unpaired) electrons. The van der Waals surface area contributed by atoms with Gasteiger partial charge in [0.15, 0.2) is 6.29 Å². The Kier molecular flexibility index (Phi) is 11.6. The number of carbonyl (C=O) groups is 2. The van der Waals surface area contributed by atoms with Crippen molar-refractivity contribution in [2.24, 2.45) is 13.0 Å². The van der Waals surface area contributed by atoms with Crippen LogP contribution >= 0.6 is 23.2 Å². The number of aldehydes is 1. The van der Waals surface area contributed by atoms with Crippen molar-refractivity contribution in [3.8, 4) is 16.9 Å². The molecule has 2 aliphatic heterocycles. The average molecular weight is 785 g/mol. The summed E-state index contributed by atoms with van der Waals surface area (Å²) in [5.41, 5.74) is 11.0. The third-order valence-electron chi connectivity index (χ3n) is 11.7. The first-order chi connectivity index (χ1) is 26.5. The number of para-hydroxylation sites is 1. The molecule has 11 heteroatoms. The predicted octanol–water partition coefficient (Wildman–Crippen LogP) is 9.46. The second-order valence-electron chi connectivity index (χ2n) is 15.4. The molecule has 5 aromatic rings. The van der Waals surface area contributed by atoms with E-state index in [-0.39, 0.29) is 18.0 Å². The molecule has 3 aromatic carbocycles. The van der Waals surface area contributed by atoms with Gasteiger partial charge >= 0.3 is 0 Å².